The Morgan fingerprint density at radius 2 is 1.68 bits per heavy atom. The van der Waals surface area contributed by atoms with Gasteiger partial charge in [-0.2, -0.15) is 0 Å². The van der Waals surface area contributed by atoms with Crippen LogP contribution in [0.5, 0.6) is 17.2 Å². The van der Waals surface area contributed by atoms with Gasteiger partial charge in [-0.1, -0.05) is 36.4 Å². The van der Waals surface area contributed by atoms with Crippen LogP contribution in [0.4, 0.5) is 5.69 Å². The maximum Gasteiger partial charge on any atom is 0.165 e. The SMILES string of the molecule is COc1ccc([C@@H]2CCN(Cc3cccc(OC)c3OC)c3c(C)cccc3S2)cc1. The standard InChI is InChI=1S/C26H29NO3S/c1-18-7-5-10-24-25(18)27(17-20-8-6-9-22(29-3)26(20)30-4)16-15-23(31-24)19-11-13-21(28-2)14-12-19/h5-14,23H,15-17H2,1-4H3/t23-/m0/s1. The quantitative estimate of drug-likeness (QED) is 0.456. The Morgan fingerprint density at radius 3 is 2.39 bits per heavy atom. The Labute approximate surface area is 189 Å². The Kier molecular flexibility index (Phi) is 6.62. The highest BCUT2D eigenvalue weighted by Crippen LogP contribution is 2.47. The van der Waals surface area contributed by atoms with Crippen molar-refractivity contribution in [2.75, 3.05) is 32.8 Å². The molecule has 0 bridgehead atoms. The number of aryl methyl sites for hydroxylation is 1. The number of ether oxygens (including phenoxy) is 3. The number of hydrogen-bond donors (Lipinski definition) is 0. The number of nitrogens with zero attached hydrogens (tertiary/aromatic N) is 1. The molecule has 1 atom stereocenters. The summed E-state index contributed by atoms with van der Waals surface area (Å²) in [4.78, 5) is 3.80. The minimum atomic E-state index is 0.392. The van der Waals surface area contributed by atoms with E-state index in [2.05, 4.69) is 60.4 Å². The largest absolute Gasteiger partial charge is 0.497 e. The van der Waals surface area contributed by atoms with E-state index >= 15 is 0 Å². The zero-order chi connectivity index (χ0) is 21.8. The average Bonchev–Trinajstić information content (AvgIpc) is 2.99. The number of fused-ring (bicyclic) bond motifs is 1. The van der Waals surface area contributed by atoms with E-state index in [9.17, 15) is 0 Å². The highest BCUT2D eigenvalue weighted by atomic mass is 32.2. The van der Waals surface area contributed by atoms with Crippen LogP contribution in [0.1, 0.15) is 28.4 Å². The van der Waals surface area contributed by atoms with Gasteiger partial charge in [-0.05, 0) is 48.7 Å². The highest BCUT2D eigenvalue weighted by molar-refractivity contribution is 7.99. The molecule has 0 aromatic heterocycles. The molecule has 0 fully saturated rings. The van der Waals surface area contributed by atoms with Crippen LogP contribution in [0, 0.1) is 6.92 Å². The normalized spacial score (nSPS) is 15.7. The predicted octanol–water partition coefficient (Wildman–Crippen LogP) is 6.26. The topological polar surface area (TPSA) is 30.9 Å². The third-order valence-electron chi connectivity index (χ3n) is 5.78. The molecule has 0 amide bonds. The van der Waals surface area contributed by atoms with Crippen molar-refractivity contribution in [3.63, 3.8) is 0 Å². The zero-order valence-electron chi connectivity index (χ0n) is 18.6. The Hall–Kier alpha value is -2.79. The van der Waals surface area contributed by atoms with Gasteiger partial charge in [-0.15, -0.1) is 11.8 Å². The monoisotopic (exact) mass is 435 g/mol. The molecule has 0 N–H and O–H groups in total. The third-order valence-corrected chi connectivity index (χ3v) is 7.16. The number of anilines is 1. The van der Waals surface area contributed by atoms with E-state index in [0.29, 0.717) is 5.25 Å². The van der Waals surface area contributed by atoms with E-state index in [-0.39, 0.29) is 0 Å². The Bertz CT molecular complexity index is 1040. The molecule has 4 rings (SSSR count). The van der Waals surface area contributed by atoms with Crippen molar-refractivity contribution < 1.29 is 14.2 Å². The van der Waals surface area contributed by atoms with E-state index in [4.69, 9.17) is 14.2 Å². The van der Waals surface area contributed by atoms with Gasteiger partial charge in [0.1, 0.15) is 5.75 Å². The summed E-state index contributed by atoms with van der Waals surface area (Å²) in [5, 5.41) is 0.392. The van der Waals surface area contributed by atoms with Crippen LogP contribution in [0.2, 0.25) is 0 Å². The molecular formula is C26H29NO3S. The van der Waals surface area contributed by atoms with Gasteiger partial charge >= 0.3 is 0 Å². The summed E-state index contributed by atoms with van der Waals surface area (Å²) in [6, 6.07) is 21.2. The lowest BCUT2D eigenvalue weighted by atomic mass is 10.1. The van der Waals surface area contributed by atoms with Gasteiger partial charge in [0.15, 0.2) is 11.5 Å². The first-order valence-electron chi connectivity index (χ1n) is 10.5. The van der Waals surface area contributed by atoms with Crippen molar-refractivity contribution in [2.45, 2.75) is 30.0 Å². The second-order valence-electron chi connectivity index (χ2n) is 7.66. The van der Waals surface area contributed by atoms with E-state index in [0.717, 1.165) is 42.3 Å². The summed E-state index contributed by atoms with van der Waals surface area (Å²) < 4.78 is 16.6. The molecular weight excluding hydrogens is 406 g/mol. The van der Waals surface area contributed by atoms with Gasteiger partial charge in [0.2, 0.25) is 0 Å². The van der Waals surface area contributed by atoms with Gasteiger partial charge < -0.3 is 19.1 Å². The summed E-state index contributed by atoms with van der Waals surface area (Å²) in [6.07, 6.45) is 1.05. The molecule has 0 unspecified atom stereocenters. The number of rotatable bonds is 6. The second kappa shape index (κ2) is 9.56. The number of para-hydroxylation sites is 2. The fourth-order valence-corrected chi connectivity index (χ4v) is 5.61. The van der Waals surface area contributed by atoms with Crippen LogP contribution in [-0.4, -0.2) is 27.9 Å². The fraction of sp³-hybridized carbons (Fsp3) is 0.308. The van der Waals surface area contributed by atoms with Gasteiger partial charge in [0, 0.05) is 28.8 Å². The summed E-state index contributed by atoms with van der Waals surface area (Å²) in [5.41, 5.74) is 5.07. The Balaban J connectivity index is 1.68. The van der Waals surface area contributed by atoms with Gasteiger partial charge in [0.25, 0.3) is 0 Å². The fourth-order valence-electron chi connectivity index (χ4n) is 4.22. The Morgan fingerprint density at radius 1 is 0.903 bits per heavy atom. The first kappa shape index (κ1) is 21.4. The first-order valence-corrected chi connectivity index (χ1v) is 11.4. The minimum absolute atomic E-state index is 0.392. The summed E-state index contributed by atoms with van der Waals surface area (Å²) in [5.74, 6) is 2.47. The smallest absolute Gasteiger partial charge is 0.165 e. The van der Waals surface area contributed by atoms with Gasteiger partial charge in [-0.25, -0.2) is 0 Å². The summed E-state index contributed by atoms with van der Waals surface area (Å²) in [7, 11) is 5.10. The highest BCUT2D eigenvalue weighted by Gasteiger charge is 2.25. The molecule has 0 saturated heterocycles. The number of hydrogen-bond acceptors (Lipinski definition) is 5. The molecule has 5 heteroatoms. The van der Waals surface area contributed by atoms with Crippen LogP contribution in [0.25, 0.3) is 0 Å². The molecule has 1 heterocycles. The number of thioether (sulfide) groups is 1. The number of methoxy groups -OCH3 is 3. The maximum atomic E-state index is 5.70. The molecule has 1 aliphatic rings. The predicted molar refractivity (Wildman–Crippen MR) is 128 cm³/mol. The van der Waals surface area contributed by atoms with E-state index in [1.54, 1.807) is 21.3 Å². The molecule has 0 spiro atoms. The molecule has 1 aliphatic heterocycles. The third kappa shape index (κ3) is 4.47. The van der Waals surface area contributed by atoms with Crippen LogP contribution in [0.3, 0.4) is 0 Å². The summed E-state index contributed by atoms with van der Waals surface area (Å²) in [6.45, 7) is 3.93. The molecule has 0 saturated carbocycles. The van der Waals surface area contributed by atoms with E-state index in [1.165, 1.54) is 21.7 Å². The molecule has 0 aliphatic carbocycles. The molecule has 3 aromatic rings. The van der Waals surface area contributed by atoms with E-state index < -0.39 is 0 Å². The summed E-state index contributed by atoms with van der Waals surface area (Å²) >= 11 is 1.95. The maximum absolute atomic E-state index is 5.70. The van der Waals surface area contributed by atoms with Crippen LogP contribution < -0.4 is 19.1 Å². The van der Waals surface area contributed by atoms with E-state index in [1.807, 2.05) is 23.9 Å². The van der Waals surface area contributed by atoms with Crippen molar-refractivity contribution in [3.8, 4) is 17.2 Å². The number of benzene rings is 3. The van der Waals surface area contributed by atoms with Crippen molar-refractivity contribution in [1.82, 2.24) is 0 Å². The van der Waals surface area contributed by atoms with Crippen molar-refractivity contribution in [2.24, 2.45) is 0 Å². The van der Waals surface area contributed by atoms with Crippen LogP contribution in [0.15, 0.2) is 65.6 Å². The van der Waals surface area contributed by atoms with Crippen LogP contribution >= 0.6 is 11.8 Å². The molecule has 0 radical (unpaired) electrons. The lowest BCUT2D eigenvalue weighted by Gasteiger charge is -2.27. The van der Waals surface area contributed by atoms with Crippen molar-refractivity contribution >= 4 is 17.4 Å². The second-order valence-corrected chi connectivity index (χ2v) is 8.91. The average molecular weight is 436 g/mol. The zero-order valence-corrected chi connectivity index (χ0v) is 19.4. The molecule has 3 aromatic carbocycles. The lowest BCUT2D eigenvalue weighted by molar-refractivity contribution is 0.351. The van der Waals surface area contributed by atoms with Crippen molar-refractivity contribution in [1.29, 1.82) is 0 Å². The lowest BCUT2D eigenvalue weighted by Crippen LogP contribution is -2.25. The molecule has 162 valence electrons. The van der Waals surface area contributed by atoms with Crippen molar-refractivity contribution in [3.05, 3.63) is 77.4 Å². The van der Waals surface area contributed by atoms with Crippen LogP contribution in [-0.2, 0) is 6.54 Å². The van der Waals surface area contributed by atoms with Gasteiger partial charge in [0.05, 0.1) is 27.0 Å². The first-order chi connectivity index (χ1) is 15.1. The molecule has 4 nitrogen and oxygen atoms in total. The minimum Gasteiger partial charge on any atom is -0.497 e. The molecule has 31 heavy (non-hydrogen) atoms. The van der Waals surface area contributed by atoms with Gasteiger partial charge in [-0.3, -0.25) is 0 Å².